The van der Waals surface area contributed by atoms with Crippen LogP contribution >= 0.6 is 0 Å². The van der Waals surface area contributed by atoms with Crippen molar-refractivity contribution in [2.75, 3.05) is 7.11 Å². The lowest BCUT2D eigenvalue weighted by atomic mass is 10.1. The SMILES string of the molecule is CO[C@H]1O[C@H]([C@@H](O)C(F)(F)F)[C@@H](O)[C@@H]1O. The second-order valence-electron chi connectivity index (χ2n) is 3.17. The van der Waals surface area contributed by atoms with Crippen molar-refractivity contribution in [3.05, 3.63) is 0 Å². The average Bonchev–Trinajstić information content (AvgIpc) is 2.41. The highest BCUT2D eigenvalue weighted by molar-refractivity contribution is 4.93. The molecule has 3 N–H and O–H groups in total. The van der Waals surface area contributed by atoms with Gasteiger partial charge in [-0.2, -0.15) is 13.2 Å². The summed E-state index contributed by atoms with van der Waals surface area (Å²) in [5.74, 6) is 0. The fraction of sp³-hybridized carbons (Fsp3) is 1.00. The fourth-order valence-electron chi connectivity index (χ4n) is 1.31. The quantitative estimate of drug-likeness (QED) is 0.569. The first kappa shape index (κ1) is 12.7. The third-order valence-electron chi connectivity index (χ3n) is 2.14. The van der Waals surface area contributed by atoms with Gasteiger partial charge in [-0.1, -0.05) is 0 Å². The van der Waals surface area contributed by atoms with Crippen LogP contribution in [0.5, 0.6) is 0 Å². The van der Waals surface area contributed by atoms with Crippen LogP contribution in [0.2, 0.25) is 0 Å². The van der Waals surface area contributed by atoms with Crippen LogP contribution in [0.3, 0.4) is 0 Å². The van der Waals surface area contributed by atoms with Crippen molar-refractivity contribution in [3.63, 3.8) is 0 Å². The summed E-state index contributed by atoms with van der Waals surface area (Å²) in [7, 11) is 1.10. The number of halogens is 3. The molecule has 0 aromatic heterocycles. The van der Waals surface area contributed by atoms with Crippen molar-refractivity contribution < 1.29 is 38.0 Å². The maximum atomic E-state index is 12.1. The summed E-state index contributed by atoms with van der Waals surface area (Å²) in [4.78, 5) is 0. The Kier molecular flexibility index (Phi) is 3.56. The average molecular weight is 232 g/mol. The van der Waals surface area contributed by atoms with E-state index in [0.29, 0.717) is 0 Å². The highest BCUT2D eigenvalue weighted by Crippen LogP contribution is 2.31. The van der Waals surface area contributed by atoms with Crippen molar-refractivity contribution >= 4 is 0 Å². The van der Waals surface area contributed by atoms with Crippen molar-refractivity contribution in [1.82, 2.24) is 0 Å². The minimum atomic E-state index is -4.92. The molecule has 0 radical (unpaired) electrons. The van der Waals surface area contributed by atoms with E-state index in [0.717, 1.165) is 7.11 Å². The summed E-state index contributed by atoms with van der Waals surface area (Å²) in [5.41, 5.74) is 0. The van der Waals surface area contributed by atoms with Gasteiger partial charge >= 0.3 is 6.18 Å². The number of hydrogen-bond donors (Lipinski definition) is 3. The molecule has 1 aliphatic rings. The number of ether oxygens (including phenoxy) is 2. The van der Waals surface area contributed by atoms with Crippen LogP contribution in [-0.2, 0) is 9.47 Å². The predicted octanol–water partition coefficient (Wildman–Crippen LogP) is -0.997. The molecule has 0 unspecified atom stereocenters. The fourth-order valence-corrected chi connectivity index (χ4v) is 1.31. The number of aliphatic hydroxyl groups excluding tert-OH is 3. The number of aliphatic hydroxyl groups is 3. The second kappa shape index (κ2) is 4.22. The Morgan fingerprint density at radius 1 is 1.27 bits per heavy atom. The van der Waals surface area contributed by atoms with Gasteiger partial charge in [0.1, 0.15) is 18.3 Å². The van der Waals surface area contributed by atoms with Crippen LogP contribution in [0.15, 0.2) is 0 Å². The van der Waals surface area contributed by atoms with E-state index in [1.165, 1.54) is 0 Å². The normalized spacial score (nSPS) is 39.4. The Labute approximate surface area is 83.0 Å². The Hall–Kier alpha value is -0.410. The first-order valence-corrected chi connectivity index (χ1v) is 4.08. The molecule has 5 atom stereocenters. The second-order valence-corrected chi connectivity index (χ2v) is 3.17. The molecule has 0 aromatic carbocycles. The van der Waals surface area contributed by atoms with Gasteiger partial charge in [0.05, 0.1) is 0 Å². The zero-order valence-corrected chi connectivity index (χ0v) is 7.68. The third kappa shape index (κ3) is 2.40. The molecule has 1 saturated heterocycles. The molecule has 8 heteroatoms. The maximum absolute atomic E-state index is 12.1. The molecule has 1 heterocycles. The van der Waals surface area contributed by atoms with E-state index in [2.05, 4.69) is 9.47 Å². The van der Waals surface area contributed by atoms with Crippen LogP contribution < -0.4 is 0 Å². The van der Waals surface area contributed by atoms with Crippen LogP contribution in [0.25, 0.3) is 0 Å². The highest BCUT2D eigenvalue weighted by Gasteiger charge is 2.54. The molecule has 1 aliphatic heterocycles. The van der Waals surface area contributed by atoms with Gasteiger partial charge in [0.15, 0.2) is 12.4 Å². The van der Waals surface area contributed by atoms with Gasteiger partial charge in [-0.3, -0.25) is 0 Å². The van der Waals surface area contributed by atoms with E-state index in [-0.39, 0.29) is 0 Å². The predicted molar refractivity (Wildman–Crippen MR) is 39.7 cm³/mol. The van der Waals surface area contributed by atoms with Crippen molar-refractivity contribution in [2.45, 2.75) is 36.9 Å². The molecule has 1 fully saturated rings. The van der Waals surface area contributed by atoms with Crippen molar-refractivity contribution in [3.8, 4) is 0 Å². The minimum absolute atomic E-state index is 1.10. The van der Waals surface area contributed by atoms with Gasteiger partial charge in [0, 0.05) is 7.11 Å². The van der Waals surface area contributed by atoms with Crippen LogP contribution in [-0.4, -0.2) is 59.3 Å². The van der Waals surface area contributed by atoms with E-state index < -0.39 is 36.9 Å². The minimum Gasteiger partial charge on any atom is -0.387 e. The summed E-state index contributed by atoms with van der Waals surface area (Å²) in [5, 5.41) is 27.2. The topological polar surface area (TPSA) is 79.2 Å². The van der Waals surface area contributed by atoms with Gasteiger partial charge in [-0.05, 0) is 0 Å². The number of hydrogen-bond acceptors (Lipinski definition) is 5. The van der Waals surface area contributed by atoms with Gasteiger partial charge in [-0.15, -0.1) is 0 Å². The van der Waals surface area contributed by atoms with Gasteiger partial charge in [-0.25, -0.2) is 0 Å². The highest BCUT2D eigenvalue weighted by atomic mass is 19.4. The molecule has 0 bridgehead atoms. The molecule has 1 rings (SSSR count). The van der Waals surface area contributed by atoms with Crippen molar-refractivity contribution in [1.29, 1.82) is 0 Å². The molecule has 0 saturated carbocycles. The lowest BCUT2D eigenvalue weighted by molar-refractivity contribution is -0.252. The molecule has 15 heavy (non-hydrogen) atoms. The van der Waals surface area contributed by atoms with E-state index in [1.807, 2.05) is 0 Å². The zero-order valence-electron chi connectivity index (χ0n) is 7.68. The van der Waals surface area contributed by atoms with Gasteiger partial charge in [0.2, 0.25) is 0 Å². The molecule has 0 aliphatic carbocycles. The number of methoxy groups -OCH3 is 1. The Morgan fingerprint density at radius 3 is 2.13 bits per heavy atom. The first-order valence-electron chi connectivity index (χ1n) is 4.08. The summed E-state index contributed by atoms with van der Waals surface area (Å²) < 4.78 is 45.2. The molecule has 0 amide bonds. The first-order chi connectivity index (χ1) is 6.79. The molecule has 0 spiro atoms. The van der Waals surface area contributed by atoms with Crippen molar-refractivity contribution in [2.24, 2.45) is 0 Å². The van der Waals surface area contributed by atoms with E-state index in [1.54, 1.807) is 0 Å². The standard InChI is InChI=1S/C7H11F3O5/c1-14-6-3(12)2(11)4(15-6)5(13)7(8,9)10/h2-6,11-13H,1H3/t2-,3-,4-,5+,6-/m0/s1. The Morgan fingerprint density at radius 2 is 1.80 bits per heavy atom. The third-order valence-corrected chi connectivity index (χ3v) is 2.14. The zero-order chi connectivity index (χ0) is 11.8. The molecule has 90 valence electrons. The Bertz CT molecular complexity index is 221. The summed E-state index contributed by atoms with van der Waals surface area (Å²) >= 11 is 0. The molecular formula is C7H11F3O5. The van der Waals surface area contributed by atoms with E-state index in [9.17, 15) is 18.3 Å². The maximum Gasteiger partial charge on any atom is 0.417 e. The Balaban J connectivity index is 2.73. The van der Waals surface area contributed by atoms with Crippen LogP contribution in [0, 0.1) is 0 Å². The monoisotopic (exact) mass is 232 g/mol. The smallest absolute Gasteiger partial charge is 0.387 e. The summed E-state index contributed by atoms with van der Waals surface area (Å²) in [6.07, 6.45) is -14.5. The van der Waals surface area contributed by atoms with Crippen LogP contribution in [0.1, 0.15) is 0 Å². The lowest BCUT2D eigenvalue weighted by Gasteiger charge is -2.22. The van der Waals surface area contributed by atoms with E-state index in [4.69, 9.17) is 10.2 Å². The summed E-state index contributed by atoms with van der Waals surface area (Å²) in [6.45, 7) is 0. The lowest BCUT2D eigenvalue weighted by Crippen LogP contribution is -2.46. The molecule has 0 aromatic rings. The van der Waals surface area contributed by atoms with E-state index >= 15 is 0 Å². The largest absolute Gasteiger partial charge is 0.417 e. The number of rotatable bonds is 2. The van der Waals surface area contributed by atoms with Gasteiger partial charge in [0.25, 0.3) is 0 Å². The molecule has 5 nitrogen and oxygen atoms in total. The number of alkyl halides is 3. The van der Waals surface area contributed by atoms with Gasteiger partial charge < -0.3 is 24.8 Å². The van der Waals surface area contributed by atoms with Crippen LogP contribution in [0.4, 0.5) is 13.2 Å². The summed E-state index contributed by atoms with van der Waals surface area (Å²) in [6, 6.07) is 0. The molecular weight excluding hydrogens is 221 g/mol.